The van der Waals surface area contributed by atoms with Crippen molar-refractivity contribution in [3.05, 3.63) is 23.8 Å². The number of hydrogen-bond acceptors (Lipinski definition) is 7. The fraction of sp³-hybridized carbons (Fsp3) is 0.591. The number of benzene rings is 1. The summed E-state index contributed by atoms with van der Waals surface area (Å²) in [6, 6.07) is 3.98. The number of sulfone groups is 1. The molecule has 3 aliphatic rings. The SMILES string of the molecule is CCCN(C(=O)CN1C(=O)NC(C)(c2ccc3c(c2)OCCCO3)C1=O)C1CCS(=O)(=O)C1. The van der Waals surface area contributed by atoms with E-state index in [9.17, 15) is 22.8 Å². The third-order valence-corrected chi connectivity index (χ3v) is 8.08. The average Bonchev–Trinajstić information content (AvgIpc) is 3.11. The average molecular weight is 480 g/mol. The number of amides is 4. The molecule has 1 aromatic rings. The zero-order valence-electron chi connectivity index (χ0n) is 18.8. The maximum absolute atomic E-state index is 13.3. The van der Waals surface area contributed by atoms with E-state index in [1.807, 2.05) is 6.92 Å². The molecule has 2 atom stereocenters. The second kappa shape index (κ2) is 8.85. The van der Waals surface area contributed by atoms with Crippen LogP contribution >= 0.6 is 0 Å². The van der Waals surface area contributed by atoms with Crippen molar-refractivity contribution >= 4 is 27.7 Å². The Labute approximate surface area is 193 Å². The smallest absolute Gasteiger partial charge is 0.325 e. The van der Waals surface area contributed by atoms with Crippen molar-refractivity contribution in [1.82, 2.24) is 15.1 Å². The van der Waals surface area contributed by atoms with Gasteiger partial charge in [-0.3, -0.25) is 14.5 Å². The number of imide groups is 1. The van der Waals surface area contributed by atoms with Crippen LogP contribution in [0.2, 0.25) is 0 Å². The Morgan fingerprint density at radius 3 is 2.64 bits per heavy atom. The molecule has 2 fully saturated rings. The molecule has 0 bridgehead atoms. The molecule has 2 saturated heterocycles. The quantitative estimate of drug-likeness (QED) is 0.605. The molecule has 4 amide bonds. The highest BCUT2D eigenvalue weighted by atomic mass is 32.2. The Morgan fingerprint density at radius 2 is 1.97 bits per heavy atom. The number of carbonyl (C=O) groups excluding carboxylic acids is 3. The number of nitrogens with one attached hydrogen (secondary N) is 1. The molecule has 3 aliphatic heterocycles. The number of hydrogen-bond donors (Lipinski definition) is 1. The van der Waals surface area contributed by atoms with Crippen LogP contribution < -0.4 is 14.8 Å². The highest BCUT2D eigenvalue weighted by Gasteiger charge is 2.50. The van der Waals surface area contributed by atoms with Gasteiger partial charge in [-0.25, -0.2) is 13.2 Å². The van der Waals surface area contributed by atoms with Gasteiger partial charge in [-0.15, -0.1) is 0 Å². The first-order chi connectivity index (χ1) is 15.6. The van der Waals surface area contributed by atoms with E-state index in [-0.39, 0.29) is 11.5 Å². The third-order valence-electron chi connectivity index (χ3n) is 6.33. The van der Waals surface area contributed by atoms with Crippen molar-refractivity contribution in [2.24, 2.45) is 0 Å². The molecule has 2 unspecified atom stereocenters. The molecule has 11 heteroatoms. The van der Waals surface area contributed by atoms with Gasteiger partial charge >= 0.3 is 6.03 Å². The molecule has 4 rings (SSSR count). The number of rotatable bonds is 6. The monoisotopic (exact) mass is 479 g/mol. The lowest BCUT2D eigenvalue weighted by atomic mass is 9.91. The van der Waals surface area contributed by atoms with Gasteiger partial charge in [-0.1, -0.05) is 13.0 Å². The van der Waals surface area contributed by atoms with E-state index < -0.39 is 45.8 Å². The molecule has 3 heterocycles. The standard InChI is InChI=1S/C22H29N3O7S/c1-3-8-24(16-7-11-33(29,30)14-16)19(26)13-25-20(27)22(2,23-21(25)28)15-5-6-17-18(12-15)32-10-4-9-31-17/h5-6,12,16H,3-4,7-11,13-14H2,1-2H3,(H,23,28). The number of nitrogens with zero attached hydrogens (tertiary/aromatic N) is 2. The Morgan fingerprint density at radius 1 is 1.24 bits per heavy atom. The first-order valence-electron chi connectivity index (χ1n) is 11.2. The maximum atomic E-state index is 13.3. The Kier molecular flexibility index (Phi) is 6.26. The molecule has 33 heavy (non-hydrogen) atoms. The van der Waals surface area contributed by atoms with Crippen LogP contribution in [0.15, 0.2) is 18.2 Å². The Bertz CT molecular complexity index is 1070. The van der Waals surface area contributed by atoms with E-state index in [1.165, 1.54) is 4.90 Å². The third kappa shape index (κ3) is 4.50. The predicted molar refractivity (Wildman–Crippen MR) is 119 cm³/mol. The van der Waals surface area contributed by atoms with Gasteiger partial charge < -0.3 is 19.7 Å². The second-order valence-corrected chi connectivity index (χ2v) is 11.0. The van der Waals surface area contributed by atoms with E-state index in [2.05, 4.69) is 5.32 Å². The molecule has 0 radical (unpaired) electrons. The van der Waals surface area contributed by atoms with Gasteiger partial charge in [-0.05, 0) is 37.5 Å². The zero-order valence-corrected chi connectivity index (χ0v) is 19.7. The predicted octanol–water partition coefficient (Wildman–Crippen LogP) is 1.04. The van der Waals surface area contributed by atoms with Gasteiger partial charge in [0, 0.05) is 19.0 Å². The van der Waals surface area contributed by atoms with Crippen LogP contribution in [0.4, 0.5) is 4.79 Å². The summed E-state index contributed by atoms with van der Waals surface area (Å²) in [5.41, 5.74) is -0.846. The zero-order chi connectivity index (χ0) is 23.8. The molecule has 0 aromatic heterocycles. The van der Waals surface area contributed by atoms with Crippen molar-refractivity contribution in [2.45, 2.75) is 44.7 Å². The summed E-state index contributed by atoms with van der Waals surface area (Å²) in [4.78, 5) is 41.5. The van der Waals surface area contributed by atoms with Gasteiger partial charge in [0.2, 0.25) is 5.91 Å². The van der Waals surface area contributed by atoms with E-state index in [0.717, 1.165) is 11.3 Å². The van der Waals surface area contributed by atoms with Gasteiger partial charge in [0.05, 0.1) is 24.7 Å². The summed E-state index contributed by atoms with van der Waals surface area (Å²) < 4.78 is 35.1. The van der Waals surface area contributed by atoms with Crippen LogP contribution in [0.5, 0.6) is 11.5 Å². The fourth-order valence-electron chi connectivity index (χ4n) is 4.51. The Hall–Kier alpha value is -2.82. The van der Waals surface area contributed by atoms with Crippen LogP contribution in [0.25, 0.3) is 0 Å². The van der Waals surface area contributed by atoms with E-state index in [1.54, 1.807) is 25.1 Å². The van der Waals surface area contributed by atoms with Crippen LogP contribution in [0.1, 0.15) is 38.7 Å². The summed E-state index contributed by atoms with van der Waals surface area (Å²) in [6.07, 6.45) is 1.74. The first kappa shape index (κ1) is 23.3. The summed E-state index contributed by atoms with van der Waals surface area (Å²) >= 11 is 0. The largest absolute Gasteiger partial charge is 0.490 e. The molecule has 0 spiro atoms. The topological polar surface area (TPSA) is 122 Å². The molecule has 10 nitrogen and oxygen atoms in total. The second-order valence-electron chi connectivity index (χ2n) is 8.80. The van der Waals surface area contributed by atoms with Crippen LogP contribution in [-0.2, 0) is 25.0 Å². The van der Waals surface area contributed by atoms with Gasteiger partial charge in [-0.2, -0.15) is 0 Å². The summed E-state index contributed by atoms with van der Waals surface area (Å²) in [5, 5.41) is 2.70. The normalized spacial score (nSPS) is 26.1. The van der Waals surface area contributed by atoms with Crippen molar-refractivity contribution in [3.8, 4) is 11.5 Å². The maximum Gasteiger partial charge on any atom is 0.325 e. The Balaban J connectivity index is 1.53. The van der Waals surface area contributed by atoms with Gasteiger partial charge in [0.15, 0.2) is 21.3 Å². The molecule has 0 aliphatic carbocycles. The van der Waals surface area contributed by atoms with Crippen molar-refractivity contribution in [2.75, 3.05) is 37.8 Å². The van der Waals surface area contributed by atoms with Crippen LogP contribution in [0, 0.1) is 0 Å². The van der Waals surface area contributed by atoms with E-state index >= 15 is 0 Å². The summed E-state index contributed by atoms with van der Waals surface area (Å²) in [5.74, 6) is 0.0329. The molecular formula is C22H29N3O7S. The summed E-state index contributed by atoms with van der Waals surface area (Å²) in [7, 11) is -3.18. The molecule has 0 saturated carbocycles. The minimum atomic E-state index is -3.18. The van der Waals surface area contributed by atoms with Crippen molar-refractivity contribution < 1.29 is 32.3 Å². The molecular weight excluding hydrogens is 450 g/mol. The fourth-order valence-corrected chi connectivity index (χ4v) is 6.24. The highest BCUT2D eigenvalue weighted by molar-refractivity contribution is 7.91. The lowest BCUT2D eigenvalue weighted by Gasteiger charge is -2.29. The first-order valence-corrected chi connectivity index (χ1v) is 13.0. The molecule has 1 N–H and O–H groups in total. The van der Waals surface area contributed by atoms with E-state index in [4.69, 9.17) is 9.47 Å². The van der Waals surface area contributed by atoms with E-state index in [0.29, 0.717) is 49.7 Å². The van der Waals surface area contributed by atoms with Crippen LogP contribution in [0.3, 0.4) is 0 Å². The lowest BCUT2D eigenvalue weighted by Crippen LogP contribution is -2.48. The lowest BCUT2D eigenvalue weighted by molar-refractivity contribution is -0.140. The van der Waals surface area contributed by atoms with Gasteiger partial charge in [0.1, 0.15) is 12.1 Å². The number of urea groups is 1. The number of ether oxygens (including phenoxy) is 2. The molecule has 180 valence electrons. The van der Waals surface area contributed by atoms with Gasteiger partial charge in [0.25, 0.3) is 5.91 Å². The number of fused-ring (bicyclic) bond motifs is 1. The van der Waals surface area contributed by atoms with Crippen molar-refractivity contribution in [1.29, 1.82) is 0 Å². The van der Waals surface area contributed by atoms with Crippen LogP contribution in [-0.4, -0.2) is 79.9 Å². The molecule has 1 aromatic carbocycles. The van der Waals surface area contributed by atoms with Crippen molar-refractivity contribution in [3.63, 3.8) is 0 Å². The highest BCUT2D eigenvalue weighted by Crippen LogP contribution is 2.36. The number of carbonyl (C=O) groups is 3. The minimum absolute atomic E-state index is 0.0382. The summed E-state index contributed by atoms with van der Waals surface area (Å²) in [6.45, 7) is 4.41. The minimum Gasteiger partial charge on any atom is -0.490 e.